The normalized spacial score (nSPS) is 17.4. The van der Waals surface area contributed by atoms with Crippen molar-refractivity contribution in [2.75, 3.05) is 65.4 Å². The number of hydrogen-bond acceptors (Lipinski definition) is 8. The van der Waals surface area contributed by atoms with Crippen LogP contribution in [0.5, 0.6) is 11.5 Å². The molecular formula is C27H37ClN6O4S. The maximum absolute atomic E-state index is 13.0. The van der Waals surface area contributed by atoms with Crippen LogP contribution in [0.1, 0.15) is 32.1 Å². The van der Waals surface area contributed by atoms with Crippen LogP contribution in [0.2, 0.25) is 5.02 Å². The van der Waals surface area contributed by atoms with Crippen molar-refractivity contribution in [3.8, 4) is 22.8 Å². The maximum atomic E-state index is 13.0. The summed E-state index contributed by atoms with van der Waals surface area (Å²) in [6.45, 7) is 3.62. The Labute approximate surface area is 235 Å². The second kappa shape index (κ2) is 11.9. The van der Waals surface area contributed by atoms with Crippen molar-refractivity contribution in [3.63, 3.8) is 0 Å². The lowest BCUT2D eigenvalue weighted by Gasteiger charge is -2.35. The lowest BCUT2D eigenvalue weighted by Crippen LogP contribution is -2.51. The number of imidazole rings is 1. The summed E-state index contributed by atoms with van der Waals surface area (Å²) in [5, 5.41) is 0.263. The second-order valence-electron chi connectivity index (χ2n) is 10.4. The van der Waals surface area contributed by atoms with Crippen LogP contribution in [0, 0.1) is 0 Å². The molecule has 1 saturated carbocycles. The fourth-order valence-electron chi connectivity index (χ4n) is 5.31. The third-order valence-electron chi connectivity index (χ3n) is 7.49. The van der Waals surface area contributed by atoms with Gasteiger partial charge in [0, 0.05) is 56.7 Å². The van der Waals surface area contributed by atoms with E-state index in [1.54, 1.807) is 17.5 Å². The van der Waals surface area contributed by atoms with Gasteiger partial charge in [0.05, 0.1) is 29.7 Å². The average molecular weight is 577 g/mol. The van der Waals surface area contributed by atoms with Crippen LogP contribution < -0.4 is 14.4 Å². The van der Waals surface area contributed by atoms with Crippen LogP contribution in [-0.4, -0.2) is 97.8 Å². The summed E-state index contributed by atoms with van der Waals surface area (Å²) in [6, 6.07) is 5.56. The molecule has 0 N–H and O–H groups in total. The number of aromatic nitrogens is 3. The highest BCUT2D eigenvalue weighted by molar-refractivity contribution is 7.89. The third-order valence-corrected chi connectivity index (χ3v) is 10.2. The molecule has 1 aliphatic carbocycles. The first kappa shape index (κ1) is 27.9. The molecule has 1 aliphatic heterocycles. The maximum Gasteiger partial charge on any atom is 0.236 e. The molecule has 5 rings (SSSR count). The summed E-state index contributed by atoms with van der Waals surface area (Å²) in [7, 11) is 2.43. The van der Waals surface area contributed by atoms with E-state index < -0.39 is 10.0 Å². The van der Waals surface area contributed by atoms with E-state index in [4.69, 9.17) is 31.0 Å². The molecule has 0 unspecified atom stereocenters. The second-order valence-corrected chi connectivity index (χ2v) is 13.1. The van der Waals surface area contributed by atoms with Gasteiger partial charge in [-0.2, -0.15) is 9.29 Å². The Balaban J connectivity index is 1.33. The monoisotopic (exact) mass is 576 g/mol. The summed E-state index contributed by atoms with van der Waals surface area (Å²) in [6.07, 6.45) is 8.29. The largest absolute Gasteiger partial charge is 0.495 e. The molecule has 0 bridgehead atoms. The predicted molar refractivity (Wildman–Crippen MR) is 154 cm³/mol. The van der Waals surface area contributed by atoms with Crippen molar-refractivity contribution in [1.82, 2.24) is 23.6 Å². The van der Waals surface area contributed by atoms with Crippen molar-refractivity contribution >= 4 is 33.2 Å². The van der Waals surface area contributed by atoms with E-state index in [0.29, 0.717) is 60.8 Å². The van der Waals surface area contributed by atoms with Crippen LogP contribution in [0.15, 0.2) is 30.6 Å². The SMILES string of the molecule is COc1cc(OCCCN(C)C)c(-c2cn3ccc(N4CCN(S(=O)(=O)C5CCCC5)CC4)nc3n2)cc1Cl. The fraction of sp³-hybridized carbons (Fsp3) is 0.556. The van der Waals surface area contributed by atoms with Gasteiger partial charge >= 0.3 is 0 Å². The van der Waals surface area contributed by atoms with Gasteiger partial charge in [-0.3, -0.25) is 4.40 Å². The molecule has 0 radical (unpaired) electrons. The molecule has 212 valence electrons. The molecule has 1 saturated heterocycles. The summed E-state index contributed by atoms with van der Waals surface area (Å²) < 4.78 is 41.1. The highest BCUT2D eigenvalue weighted by Crippen LogP contribution is 2.38. The van der Waals surface area contributed by atoms with Crippen molar-refractivity contribution in [2.45, 2.75) is 37.4 Å². The number of methoxy groups -OCH3 is 1. The minimum Gasteiger partial charge on any atom is -0.495 e. The predicted octanol–water partition coefficient (Wildman–Crippen LogP) is 3.78. The molecule has 3 heterocycles. The van der Waals surface area contributed by atoms with Crippen LogP contribution in [-0.2, 0) is 10.0 Å². The van der Waals surface area contributed by atoms with Gasteiger partial charge in [0.25, 0.3) is 0 Å². The van der Waals surface area contributed by atoms with E-state index in [9.17, 15) is 8.42 Å². The standard InChI is InChI=1S/C27H37ClN6O4S/c1-31(2)10-6-16-38-24-18-25(37-3)22(28)17-21(24)23-19-33-11-9-26(30-27(33)29-23)32-12-14-34(15-13-32)39(35,36)20-7-4-5-8-20/h9,11,17-20H,4-8,10,12-16H2,1-3H3. The van der Waals surface area contributed by atoms with Gasteiger partial charge in [-0.15, -0.1) is 0 Å². The number of nitrogens with zero attached hydrogens (tertiary/aromatic N) is 6. The van der Waals surface area contributed by atoms with Gasteiger partial charge in [0.15, 0.2) is 0 Å². The molecule has 2 aliphatic rings. The number of piperazine rings is 1. The molecule has 39 heavy (non-hydrogen) atoms. The number of rotatable bonds is 10. The smallest absolute Gasteiger partial charge is 0.236 e. The molecule has 0 amide bonds. The van der Waals surface area contributed by atoms with Crippen molar-refractivity contribution in [2.24, 2.45) is 0 Å². The minimum atomic E-state index is -3.22. The van der Waals surface area contributed by atoms with E-state index in [1.807, 2.05) is 43.0 Å². The molecule has 10 nitrogen and oxygen atoms in total. The molecule has 0 spiro atoms. The van der Waals surface area contributed by atoms with Crippen molar-refractivity contribution in [1.29, 1.82) is 0 Å². The topological polar surface area (TPSA) is 92.5 Å². The van der Waals surface area contributed by atoms with Gasteiger partial charge < -0.3 is 19.3 Å². The van der Waals surface area contributed by atoms with Crippen LogP contribution in [0.3, 0.4) is 0 Å². The molecule has 12 heteroatoms. The number of halogens is 1. The summed E-state index contributed by atoms with van der Waals surface area (Å²) in [4.78, 5) is 13.8. The minimum absolute atomic E-state index is 0.213. The van der Waals surface area contributed by atoms with E-state index in [2.05, 4.69) is 9.80 Å². The first-order valence-corrected chi connectivity index (χ1v) is 15.4. The van der Waals surface area contributed by atoms with Gasteiger partial charge in [-0.05, 0) is 45.5 Å². The quantitative estimate of drug-likeness (QED) is 0.337. The zero-order valence-electron chi connectivity index (χ0n) is 22.8. The lowest BCUT2D eigenvalue weighted by atomic mass is 10.1. The number of fused-ring (bicyclic) bond motifs is 1. The number of anilines is 1. The highest BCUT2D eigenvalue weighted by atomic mass is 35.5. The lowest BCUT2D eigenvalue weighted by molar-refractivity contribution is 0.281. The van der Waals surface area contributed by atoms with Gasteiger partial charge in [-0.1, -0.05) is 24.4 Å². The Kier molecular flexibility index (Phi) is 8.51. The third kappa shape index (κ3) is 6.11. The zero-order valence-corrected chi connectivity index (χ0v) is 24.4. The van der Waals surface area contributed by atoms with Crippen LogP contribution in [0.25, 0.3) is 17.0 Å². The Bertz CT molecular complexity index is 1400. The van der Waals surface area contributed by atoms with E-state index in [0.717, 1.165) is 50.0 Å². The average Bonchev–Trinajstić information content (AvgIpc) is 3.62. The van der Waals surface area contributed by atoms with E-state index in [1.165, 1.54) is 0 Å². The first-order valence-electron chi connectivity index (χ1n) is 13.5. The Hall–Kier alpha value is -2.60. The Morgan fingerprint density at radius 2 is 1.82 bits per heavy atom. The highest BCUT2D eigenvalue weighted by Gasteiger charge is 2.36. The Morgan fingerprint density at radius 3 is 2.51 bits per heavy atom. The molecule has 2 fully saturated rings. The van der Waals surface area contributed by atoms with E-state index in [-0.39, 0.29) is 5.25 Å². The van der Waals surface area contributed by atoms with Crippen molar-refractivity contribution in [3.05, 3.63) is 35.6 Å². The van der Waals surface area contributed by atoms with Crippen LogP contribution >= 0.6 is 11.6 Å². The van der Waals surface area contributed by atoms with Crippen molar-refractivity contribution < 1.29 is 17.9 Å². The first-order chi connectivity index (χ1) is 18.8. The number of benzene rings is 1. The van der Waals surface area contributed by atoms with Gasteiger partial charge in [0.1, 0.15) is 17.3 Å². The molecule has 2 aromatic heterocycles. The molecular weight excluding hydrogens is 540 g/mol. The zero-order chi connectivity index (χ0) is 27.6. The number of sulfonamides is 1. The molecule has 3 aromatic rings. The van der Waals surface area contributed by atoms with Gasteiger partial charge in [-0.25, -0.2) is 13.4 Å². The van der Waals surface area contributed by atoms with Gasteiger partial charge in [0.2, 0.25) is 15.8 Å². The fourth-order valence-corrected chi connectivity index (χ4v) is 7.57. The Morgan fingerprint density at radius 1 is 1.08 bits per heavy atom. The summed E-state index contributed by atoms with van der Waals surface area (Å²) in [5.74, 6) is 2.53. The molecule has 0 atom stereocenters. The van der Waals surface area contributed by atoms with E-state index >= 15 is 0 Å². The summed E-state index contributed by atoms with van der Waals surface area (Å²) in [5.41, 5.74) is 1.46. The number of hydrogen-bond donors (Lipinski definition) is 0. The summed E-state index contributed by atoms with van der Waals surface area (Å²) >= 11 is 6.47. The number of ether oxygens (including phenoxy) is 2. The molecule has 1 aromatic carbocycles. The van der Waals surface area contributed by atoms with Crippen LogP contribution in [0.4, 0.5) is 5.82 Å².